The van der Waals surface area contributed by atoms with E-state index in [4.69, 9.17) is 25.8 Å². The van der Waals surface area contributed by atoms with Crippen LogP contribution in [0.1, 0.15) is 15.9 Å². The van der Waals surface area contributed by atoms with E-state index < -0.39 is 5.91 Å². The molecule has 0 unspecified atom stereocenters. The molecule has 7 heteroatoms. The Balaban J connectivity index is 1.61. The van der Waals surface area contributed by atoms with Crippen LogP contribution in [0.3, 0.4) is 0 Å². The number of nitrogens with one attached hydrogen (secondary N) is 1. The van der Waals surface area contributed by atoms with Crippen molar-refractivity contribution in [2.75, 3.05) is 25.1 Å². The highest BCUT2D eigenvalue weighted by atomic mass is 35.5. The van der Waals surface area contributed by atoms with Crippen LogP contribution in [0.5, 0.6) is 17.2 Å². The third-order valence-electron chi connectivity index (χ3n) is 4.43. The quantitative estimate of drug-likeness (QED) is 0.596. The van der Waals surface area contributed by atoms with Crippen molar-refractivity contribution in [1.82, 2.24) is 0 Å². The first-order chi connectivity index (χ1) is 14.6. The summed E-state index contributed by atoms with van der Waals surface area (Å²) in [5.74, 6) is 0.717. The first-order valence-electron chi connectivity index (χ1n) is 9.32. The van der Waals surface area contributed by atoms with Crippen LogP contribution in [0, 0.1) is 0 Å². The molecule has 0 spiro atoms. The van der Waals surface area contributed by atoms with Gasteiger partial charge in [0.05, 0.1) is 16.3 Å². The average molecular weight is 424 g/mol. The molecule has 1 N–H and O–H groups in total. The van der Waals surface area contributed by atoms with Crippen molar-refractivity contribution in [1.29, 1.82) is 0 Å². The van der Waals surface area contributed by atoms with Gasteiger partial charge in [-0.2, -0.15) is 0 Å². The molecule has 152 valence electrons. The van der Waals surface area contributed by atoms with E-state index in [0.29, 0.717) is 46.7 Å². The Morgan fingerprint density at radius 3 is 2.30 bits per heavy atom. The number of para-hydroxylation sites is 1. The normalized spacial score (nSPS) is 12.2. The summed E-state index contributed by atoms with van der Waals surface area (Å²) in [5, 5.41) is 3.06. The van der Waals surface area contributed by atoms with E-state index in [1.54, 1.807) is 48.5 Å². The summed E-state index contributed by atoms with van der Waals surface area (Å²) in [6, 6.07) is 18.9. The van der Waals surface area contributed by atoms with Crippen molar-refractivity contribution in [2.24, 2.45) is 0 Å². The van der Waals surface area contributed by atoms with Crippen LogP contribution in [0.4, 0.5) is 5.69 Å². The summed E-state index contributed by atoms with van der Waals surface area (Å²) in [4.78, 5) is 25.7. The Morgan fingerprint density at radius 1 is 0.900 bits per heavy atom. The van der Waals surface area contributed by atoms with Crippen molar-refractivity contribution < 1.29 is 23.8 Å². The number of hydrogen-bond acceptors (Lipinski definition) is 5. The van der Waals surface area contributed by atoms with E-state index in [9.17, 15) is 9.59 Å². The smallest absolute Gasteiger partial charge is 0.262 e. The SMILES string of the molecule is O=C(COc1ccccc1)Nc1cc2c(cc1C(=O)c1ccccc1Cl)OCCO2. The van der Waals surface area contributed by atoms with E-state index in [2.05, 4.69) is 5.32 Å². The number of amides is 1. The van der Waals surface area contributed by atoms with Crippen LogP contribution in [-0.2, 0) is 4.79 Å². The second kappa shape index (κ2) is 8.88. The first kappa shape index (κ1) is 19.8. The molecule has 6 nitrogen and oxygen atoms in total. The maximum Gasteiger partial charge on any atom is 0.262 e. The predicted molar refractivity (Wildman–Crippen MR) is 113 cm³/mol. The number of hydrogen-bond donors (Lipinski definition) is 1. The number of ether oxygens (including phenoxy) is 3. The molecular weight excluding hydrogens is 406 g/mol. The molecule has 0 radical (unpaired) electrons. The third kappa shape index (κ3) is 4.39. The van der Waals surface area contributed by atoms with E-state index in [0.717, 1.165) is 0 Å². The van der Waals surface area contributed by atoms with Crippen LogP contribution in [-0.4, -0.2) is 31.5 Å². The topological polar surface area (TPSA) is 73.9 Å². The molecule has 3 aromatic carbocycles. The molecule has 1 amide bonds. The van der Waals surface area contributed by atoms with Crippen LogP contribution in [0.15, 0.2) is 66.7 Å². The fourth-order valence-electron chi connectivity index (χ4n) is 3.02. The molecule has 0 atom stereocenters. The maximum atomic E-state index is 13.2. The van der Waals surface area contributed by atoms with Crippen molar-refractivity contribution >= 4 is 29.0 Å². The predicted octanol–water partition coefficient (Wildman–Crippen LogP) is 4.36. The molecule has 0 fully saturated rings. The zero-order valence-electron chi connectivity index (χ0n) is 15.9. The zero-order valence-corrected chi connectivity index (χ0v) is 16.6. The Labute approximate surface area is 178 Å². The average Bonchev–Trinajstić information content (AvgIpc) is 2.78. The minimum atomic E-state index is -0.413. The molecule has 1 aliphatic rings. The number of benzene rings is 3. The number of ketones is 1. The highest BCUT2D eigenvalue weighted by Gasteiger charge is 2.23. The third-order valence-corrected chi connectivity index (χ3v) is 4.76. The molecule has 1 heterocycles. The number of halogens is 1. The fourth-order valence-corrected chi connectivity index (χ4v) is 3.24. The van der Waals surface area contributed by atoms with Gasteiger partial charge in [0, 0.05) is 11.6 Å². The summed E-state index contributed by atoms with van der Waals surface area (Å²) in [6.07, 6.45) is 0. The van der Waals surface area contributed by atoms with E-state index in [1.807, 2.05) is 18.2 Å². The van der Waals surface area contributed by atoms with Gasteiger partial charge in [0.15, 0.2) is 23.9 Å². The van der Waals surface area contributed by atoms with Gasteiger partial charge in [-0.25, -0.2) is 0 Å². The minimum Gasteiger partial charge on any atom is -0.486 e. The summed E-state index contributed by atoms with van der Waals surface area (Å²) in [7, 11) is 0. The molecule has 0 aromatic heterocycles. The van der Waals surface area contributed by atoms with Crippen molar-refractivity contribution in [3.63, 3.8) is 0 Å². The molecule has 0 saturated carbocycles. The van der Waals surface area contributed by atoms with Crippen LogP contribution in [0.25, 0.3) is 0 Å². The summed E-state index contributed by atoms with van der Waals surface area (Å²) in [6.45, 7) is 0.552. The summed E-state index contributed by atoms with van der Waals surface area (Å²) in [5.41, 5.74) is 0.873. The Kier molecular flexibility index (Phi) is 5.86. The van der Waals surface area contributed by atoms with Gasteiger partial charge in [0.2, 0.25) is 0 Å². The largest absolute Gasteiger partial charge is 0.486 e. The van der Waals surface area contributed by atoms with Crippen LogP contribution >= 0.6 is 11.6 Å². The minimum absolute atomic E-state index is 0.210. The van der Waals surface area contributed by atoms with Crippen LogP contribution < -0.4 is 19.5 Å². The summed E-state index contributed by atoms with van der Waals surface area (Å²) >= 11 is 6.20. The lowest BCUT2D eigenvalue weighted by atomic mass is 10.0. The molecule has 1 aliphatic heterocycles. The Bertz CT molecular complexity index is 1080. The van der Waals surface area contributed by atoms with Gasteiger partial charge in [-0.05, 0) is 30.3 Å². The van der Waals surface area contributed by atoms with Gasteiger partial charge in [0.1, 0.15) is 19.0 Å². The lowest BCUT2D eigenvalue weighted by Gasteiger charge is -2.21. The Morgan fingerprint density at radius 2 is 1.57 bits per heavy atom. The van der Waals surface area contributed by atoms with E-state index in [1.165, 1.54) is 0 Å². The molecule has 30 heavy (non-hydrogen) atoms. The number of carbonyl (C=O) groups is 2. The molecular formula is C23H18ClNO5. The van der Waals surface area contributed by atoms with E-state index in [-0.39, 0.29) is 18.0 Å². The molecule has 3 aromatic rings. The number of carbonyl (C=O) groups excluding carboxylic acids is 2. The molecule has 0 aliphatic carbocycles. The number of fused-ring (bicyclic) bond motifs is 1. The maximum absolute atomic E-state index is 13.2. The van der Waals surface area contributed by atoms with Gasteiger partial charge in [-0.3, -0.25) is 9.59 Å². The molecule has 0 saturated heterocycles. The van der Waals surface area contributed by atoms with Crippen molar-refractivity contribution in [3.8, 4) is 17.2 Å². The van der Waals surface area contributed by atoms with E-state index >= 15 is 0 Å². The Hall–Kier alpha value is -3.51. The fraction of sp³-hybridized carbons (Fsp3) is 0.130. The second-order valence-corrected chi connectivity index (χ2v) is 6.91. The van der Waals surface area contributed by atoms with Gasteiger partial charge in [-0.1, -0.05) is 41.9 Å². The lowest BCUT2D eigenvalue weighted by molar-refractivity contribution is -0.118. The lowest BCUT2D eigenvalue weighted by Crippen LogP contribution is -2.23. The zero-order chi connectivity index (χ0) is 20.9. The number of rotatable bonds is 6. The van der Waals surface area contributed by atoms with Gasteiger partial charge < -0.3 is 19.5 Å². The van der Waals surface area contributed by atoms with Gasteiger partial charge >= 0.3 is 0 Å². The highest BCUT2D eigenvalue weighted by molar-refractivity contribution is 6.35. The highest BCUT2D eigenvalue weighted by Crippen LogP contribution is 2.37. The first-order valence-corrected chi connectivity index (χ1v) is 9.70. The second-order valence-electron chi connectivity index (χ2n) is 6.50. The van der Waals surface area contributed by atoms with Crippen LogP contribution in [0.2, 0.25) is 5.02 Å². The van der Waals surface area contributed by atoms with Crippen molar-refractivity contribution in [2.45, 2.75) is 0 Å². The standard InChI is InChI=1S/C23H18ClNO5/c24-18-9-5-4-8-16(18)23(27)17-12-20-21(29-11-10-28-20)13-19(17)25-22(26)14-30-15-6-2-1-3-7-15/h1-9,12-13H,10-11,14H2,(H,25,26). The number of anilines is 1. The van der Waals surface area contributed by atoms with Gasteiger partial charge in [-0.15, -0.1) is 0 Å². The van der Waals surface area contributed by atoms with Gasteiger partial charge in [0.25, 0.3) is 5.91 Å². The molecule has 0 bridgehead atoms. The summed E-state index contributed by atoms with van der Waals surface area (Å²) < 4.78 is 16.7. The monoisotopic (exact) mass is 423 g/mol. The molecule has 4 rings (SSSR count). The van der Waals surface area contributed by atoms with Crippen molar-refractivity contribution in [3.05, 3.63) is 82.9 Å².